The molecule has 7 heteroatoms. The largest absolute Gasteiger partial charge is 0.430 e. The van der Waals surface area contributed by atoms with E-state index in [2.05, 4.69) is 9.88 Å². The van der Waals surface area contributed by atoms with Crippen LogP contribution in [0.15, 0.2) is 21.8 Å². The Labute approximate surface area is 132 Å². The smallest absolute Gasteiger partial charge is 0.256 e. The Balaban J connectivity index is 1.69. The molecular formula is C15H18FN3O2S. The Morgan fingerprint density at radius 2 is 2.14 bits per heavy atom. The Morgan fingerprint density at radius 3 is 2.86 bits per heavy atom. The van der Waals surface area contributed by atoms with Crippen LogP contribution in [0.2, 0.25) is 0 Å². The lowest BCUT2D eigenvalue weighted by Crippen LogP contribution is -2.31. The van der Waals surface area contributed by atoms with E-state index in [1.54, 1.807) is 0 Å². The minimum Gasteiger partial charge on any atom is -0.430 e. The number of halogens is 1. The lowest BCUT2D eigenvalue weighted by molar-refractivity contribution is 0.100. The van der Waals surface area contributed by atoms with E-state index in [1.807, 2.05) is 0 Å². The fourth-order valence-corrected chi connectivity index (χ4v) is 3.50. The Bertz CT molecular complexity index is 683. The van der Waals surface area contributed by atoms with Gasteiger partial charge in [-0.1, -0.05) is 18.2 Å². The van der Waals surface area contributed by atoms with Crippen molar-refractivity contribution in [2.75, 3.05) is 25.4 Å². The van der Waals surface area contributed by atoms with Crippen molar-refractivity contribution in [3.05, 3.63) is 23.5 Å². The highest BCUT2D eigenvalue weighted by Gasteiger charge is 2.16. The average Bonchev–Trinajstić information content (AvgIpc) is 2.89. The predicted molar refractivity (Wildman–Crippen MR) is 83.5 cm³/mol. The van der Waals surface area contributed by atoms with Gasteiger partial charge in [0.2, 0.25) is 0 Å². The maximum absolute atomic E-state index is 13.5. The molecule has 22 heavy (non-hydrogen) atoms. The summed E-state index contributed by atoms with van der Waals surface area (Å²) in [5, 5.41) is 0.445. The summed E-state index contributed by atoms with van der Waals surface area (Å²) in [6, 6.07) is 2.33. The number of likely N-dealkylation sites (tertiary alicyclic amines) is 1. The summed E-state index contributed by atoms with van der Waals surface area (Å²) < 4.78 is 19.0. The molecule has 0 saturated carbocycles. The second-order valence-corrected chi connectivity index (χ2v) is 6.44. The molecule has 1 aliphatic heterocycles. The van der Waals surface area contributed by atoms with E-state index in [0.29, 0.717) is 10.7 Å². The van der Waals surface area contributed by atoms with Crippen LogP contribution in [-0.4, -0.2) is 41.2 Å². The molecule has 2 heterocycles. The van der Waals surface area contributed by atoms with Gasteiger partial charge in [-0.25, -0.2) is 9.37 Å². The number of benzene rings is 1. The van der Waals surface area contributed by atoms with E-state index in [0.717, 1.165) is 31.5 Å². The summed E-state index contributed by atoms with van der Waals surface area (Å²) in [4.78, 5) is 18.0. The molecule has 1 aliphatic rings. The molecular weight excluding hydrogens is 305 g/mol. The average molecular weight is 323 g/mol. The van der Waals surface area contributed by atoms with E-state index in [4.69, 9.17) is 10.2 Å². The Hall–Kier alpha value is -1.60. The van der Waals surface area contributed by atoms with E-state index < -0.39 is 11.7 Å². The van der Waals surface area contributed by atoms with Crippen molar-refractivity contribution in [1.29, 1.82) is 0 Å². The van der Waals surface area contributed by atoms with Crippen LogP contribution in [0, 0.1) is 5.82 Å². The van der Waals surface area contributed by atoms with Crippen LogP contribution < -0.4 is 5.73 Å². The minimum absolute atomic E-state index is 0.0328. The van der Waals surface area contributed by atoms with Crippen molar-refractivity contribution in [2.45, 2.75) is 24.5 Å². The van der Waals surface area contributed by atoms with Gasteiger partial charge in [-0.2, -0.15) is 0 Å². The SMILES string of the molecule is NC(=O)c1cc(F)cc2nc(SCCN3CCCCC3)oc12. The quantitative estimate of drug-likeness (QED) is 0.856. The van der Waals surface area contributed by atoms with Gasteiger partial charge in [-0.05, 0) is 32.0 Å². The van der Waals surface area contributed by atoms with E-state index in [9.17, 15) is 9.18 Å². The van der Waals surface area contributed by atoms with Crippen LogP contribution in [0.3, 0.4) is 0 Å². The topological polar surface area (TPSA) is 72.4 Å². The molecule has 1 aromatic heterocycles. The molecule has 3 rings (SSSR count). The molecule has 0 bridgehead atoms. The lowest BCUT2D eigenvalue weighted by Gasteiger charge is -2.25. The van der Waals surface area contributed by atoms with Crippen molar-refractivity contribution in [3.63, 3.8) is 0 Å². The maximum atomic E-state index is 13.5. The van der Waals surface area contributed by atoms with E-state index >= 15 is 0 Å². The zero-order valence-corrected chi connectivity index (χ0v) is 13.0. The third kappa shape index (κ3) is 3.41. The highest BCUT2D eigenvalue weighted by atomic mass is 32.2. The van der Waals surface area contributed by atoms with Crippen molar-refractivity contribution >= 4 is 28.8 Å². The molecule has 0 spiro atoms. The zero-order valence-electron chi connectivity index (χ0n) is 12.2. The number of carbonyl (C=O) groups is 1. The first-order chi connectivity index (χ1) is 10.6. The van der Waals surface area contributed by atoms with Crippen LogP contribution in [0.5, 0.6) is 0 Å². The molecule has 1 amide bonds. The highest BCUT2D eigenvalue weighted by Crippen LogP contribution is 2.27. The normalized spacial score (nSPS) is 16.2. The highest BCUT2D eigenvalue weighted by molar-refractivity contribution is 7.99. The first-order valence-corrected chi connectivity index (χ1v) is 8.37. The van der Waals surface area contributed by atoms with Gasteiger partial charge in [-0.3, -0.25) is 4.79 Å². The van der Waals surface area contributed by atoms with Gasteiger partial charge >= 0.3 is 0 Å². The van der Waals surface area contributed by atoms with Crippen LogP contribution in [0.25, 0.3) is 11.1 Å². The van der Waals surface area contributed by atoms with Gasteiger partial charge < -0.3 is 15.1 Å². The second kappa shape index (κ2) is 6.66. The molecule has 2 N–H and O–H groups in total. The van der Waals surface area contributed by atoms with E-state index in [-0.39, 0.29) is 11.1 Å². The number of nitrogens with two attached hydrogens (primary N) is 1. The summed E-state index contributed by atoms with van der Waals surface area (Å²) in [5.41, 5.74) is 5.87. The van der Waals surface area contributed by atoms with Gasteiger partial charge in [0.05, 0.1) is 5.56 Å². The van der Waals surface area contributed by atoms with Crippen LogP contribution in [-0.2, 0) is 0 Å². The second-order valence-electron chi connectivity index (χ2n) is 5.40. The minimum atomic E-state index is -0.717. The molecule has 118 valence electrons. The van der Waals surface area contributed by atoms with Gasteiger partial charge in [-0.15, -0.1) is 0 Å². The number of amides is 1. The number of oxazole rings is 1. The standard InChI is InChI=1S/C15H18FN3O2S/c16-10-8-11(14(17)20)13-12(9-10)18-15(21-13)22-7-6-19-4-2-1-3-5-19/h8-9H,1-7H2,(H2,17,20). The number of nitrogens with zero attached hydrogens (tertiary/aromatic N) is 2. The molecule has 0 radical (unpaired) electrons. The molecule has 1 saturated heterocycles. The predicted octanol–water partition coefficient (Wildman–Crippen LogP) is 2.64. The molecule has 0 unspecified atom stereocenters. The van der Waals surface area contributed by atoms with Gasteiger partial charge in [0.1, 0.15) is 11.3 Å². The maximum Gasteiger partial charge on any atom is 0.256 e. The number of hydrogen-bond donors (Lipinski definition) is 1. The van der Waals surface area contributed by atoms with Gasteiger partial charge in [0.15, 0.2) is 5.58 Å². The van der Waals surface area contributed by atoms with Crippen molar-refractivity contribution in [2.24, 2.45) is 5.73 Å². The first-order valence-electron chi connectivity index (χ1n) is 7.38. The van der Waals surface area contributed by atoms with Crippen LogP contribution in [0.1, 0.15) is 29.6 Å². The first kappa shape index (κ1) is 15.3. The van der Waals surface area contributed by atoms with Crippen molar-refractivity contribution in [1.82, 2.24) is 9.88 Å². The van der Waals surface area contributed by atoms with Crippen molar-refractivity contribution in [3.8, 4) is 0 Å². The van der Waals surface area contributed by atoms with Crippen LogP contribution >= 0.6 is 11.8 Å². The summed E-state index contributed by atoms with van der Waals surface area (Å²) in [7, 11) is 0. The summed E-state index contributed by atoms with van der Waals surface area (Å²) >= 11 is 1.47. The monoisotopic (exact) mass is 323 g/mol. The summed E-state index contributed by atoms with van der Waals surface area (Å²) in [5.74, 6) is -0.411. The number of piperidine rings is 1. The van der Waals surface area contributed by atoms with Crippen LogP contribution in [0.4, 0.5) is 4.39 Å². The fraction of sp³-hybridized carbons (Fsp3) is 0.467. The molecule has 1 aromatic carbocycles. The van der Waals surface area contributed by atoms with Gasteiger partial charge in [0.25, 0.3) is 11.1 Å². The van der Waals surface area contributed by atoms with E-state index in [1.165, 1.54) is 37.1 Å². The number of aromatic nitrogens is 1. The number of primary amides is 1. The Kier molecular flexibility index (Phi) is 4.63. The Morgan fingerprint density at radius 1 is 1.36 bits per heavy atom. The van der Waals surface area contributed by atoms with Gasteiger partial charge in [0, 0.05) is 18.4 Å². The number of rotatable bonds is 5. The number of carbonyl (C=O) groups excluding carboxylic acids is 1. The fourth-order valence-electron chi connectivity index (χ4n) is 2.67. The summed E-state index contributed by atoms with van der Waals surface area (Å²) in [6.45, 7) is 3.26. The zero-order chi connectivity index (χ0) is 15.5. The number of hydrogen-bond acceptors (Lipinski definition) is 5. The third-order valence-electron chi connectivity index (χ3n) is 3.78. The number of thioether (sulfide) groups is 1. The number of fused-ring (bicyclic) bond motifs is 1. The molecule has 0 atom stereocenters. The molecule has 1 fully saturated rings. The third-order valence-corrected chi connectivity index (χ3v) is 4.59. The van der Waals surface area contributed by atoms with Crippen molar-refractivity contribution < 1.29 is 13.6 Å². The lowest BCUT2D eigenvalue weighted by atomic mass is 10.1. The molecule has 5 nitrogen and oxygen atoms in total. The molecule has 0 aliphatic carbocycles. The molecule has 2 aromatic rings. The summed E-state index contributed by atoms with van der Waals surface area (Å²) in [6.07, 6.45) is 3.83.